The van der Waals surface area contributed by atoms with Crippen molar-refractivity contribution in [3.63, 3.8) is 0 Å². The Morgan fingerprint density at radius 3 is 2.62 bits per heavy atom. The lowest BCUT2D eigenvalue weighted by molar-refractivity contribution is 0.0943. The SMILES string of the molecule is C[C@@H](Oc1ccc(C(=O)C2CC2)nc1)c1cc(-c2ccc(C(=O)NC3CC3)c(F)c2)ns1. The Kier molecular flexibility index (Phi) is 5.46. The highest BCUT2D eigenvalue weighted by Crippen LogP contribution is 2.33. The number of rotatable bonds is 8. The summed E-state index contributed by atoms with van der Waals surface area (Å²) in [5.41, 5.74) is 1.74. The number of hydrogen-bond donors (Lipinski definition) is 1. The lowest BCUT2D eigenvalue weighted by Gasteiger charge is -2.12. The standard InChI is InChI=1S/C24H22FN3O3S/c1-13(31-17-7-9-20(26-12-17)23(29)14-2-3-14)22-11-21(28-32-22)15-4-8-18(19(25)10-15)24(30)27-16-5-6-16/h4,7-14,16H,2-3,5-6H2,1H3,(H,27,30)/t13-/m1/s1. The third-order valence-electron chi connectivity index (χ3n) is 5.60. The normalized spacial score (nSPS) is 16.4. The van der Waals surface area contributed by atoms with Gasteiger partial charge in [0.05, 0.1) is 22.3 Å². The molecule has 6 nitrogen and oxygen atoms in total. The second-order valence-electron chi connectivity index (χ2n) is 8.33. The van der Waals surface area contributed by atoms with Crippen molar-refractivity contribution < 1.29 is 18.7 Å². The van der Waals surface area contributed by atoms with Gasteiger partial charge in [-0.1, -0.05) is 6.07 Å². The van der Waals surface area contributed by atoms with Crippen molar-refractivity contribution in [3.05, 3.63) is 64.5 Å². The molecule has 0 aliphatic heterocycles. The zero-order chi connectivity index (χ0) is 22.2. The molecule has 1 aromatic carbocycles. The molecule has 0 unspecified atom stereocenters. The predicted molar refractivity (Wildman–Crippen MR) is 118 cm³/mol. The van der Waals surface area contributed by atoms with E-state index >= 15 is 0 Å². The maximum Gasteiger partial charge on any atom is 0.254 e. The van der Waals surface area contributed by atoms with Gasteiger partial charge in [-0.2, -0.15) is 4.37 Å². The Labute approximate surface area is 189 Å². The van der Waals surface area contributed by atoms with E-state index in [2.05, 4.69) is 14.7 Å². The molecule has 2 aromatic heterocycles. The van der Waals surface area contributed by atoms with Crippen LogP contribution >= 0.6 is 11.5 Å². The molecule has 3 aromatic rings. The molecule has 8 heteroatoms. The summed E-state index contributed by atoms with van der Waals surface area (Å²) in [7, 11) is 0. The van der Waals surface area contributed by atoms with Crippen molar-refractivity contribution in [1.29, 1.82) is 0 Å². The van der Waals surface area contributed by atoms with E-state index in [1.54, 1.807) is 24.4 Å². The zero-order valence-electron chi connectivity index (χ0n) is 17.5. The average molecular weight is 452 g/mol. The van der Waals surface area contributed by atoms with Gasteiger partial charge in [-0.15, -0.1) is 0 Å². The maximum atomic E-state index is 14.5. The van der Waals surface area contributed by atoms with Crippen molar-refractivity contribution in [2.45, 2.75) is 44.8 Å². The van der Waals surface area contributed by atoms with Gasteiger partial charge in [0.1, 0.15) is 23.4 Å². The quantitative estimate of drug-likeness (QED) is 0.489. The summed E-state index contributed by atoms with van der Waals surface area (Å²) in [5.74, 6) is -0.144. The molecule has 2 aliphatic carbocycles. The van der Waals surface area contributed by atoms with Gasteiger partial charge in [-0.25, -0.2) is 9.37 Å². The molecule has 1 N–H and O–H groups in total. The minimum absolute atomic E-state index is 0.0453. The fraction of sp³-hybridized carbons (Fsp3) is 0.333. The number of aromatic nitrogens is 2. The minimum atomic E-state index is -0.564. The van der Waals surface area contributed by atoms with E-state index < -0.39 is 5.82 Å². The Hall–Kier alpha value is -3.13. The number of ketones is 1. The summed E-state index contributed by atoms with van der Waals surface area (Å²) in [5, 5.41) is 2.80. The van der Waals surface area contributed by atoms with Crippen molar-refractivity contribution in [2.75, 3.05) is 0 Å². The van der Waals surface area contributed by atoms with Crippen molar-refractivity contribution in [2.24, 2.45) is 5.92 Å². The number of halogens is 1. The summed E-state index contributed by atoms with van der Waals surface area (Å²) in [4.78, 5) is 29.3. The van der Waals surface area contributed by atoms with Gasteiger partial charge < -0.3 is 10.1 Å². The maximum absolute atomic E-state index is 14.5. The van der Waals surface area contributed by atoms with Crippen LogP contribution in [0.25, 0.3) is 11.3 Å². The number of carbonyl (C=O) groups is 2. The molecule has 1 atom stereocenters. The third kappa shape index (κ3) is 4.55. The lowest BCUT2D eigenvalue weighted by atomic mass is 10.1. The smallest absolute Gasteiger partial charge is 0.254 e. The Bertz CT molecular complexity index is 1170. The van der Waals surface area contributed by atoms with Gasteiger partial charge in [0.25, 0.3) is 5.91 Å². The molecular weight excluding hydrogens is 429 g/mol. The average Bonchev–Trinajstić information content (AvgIpc) is 3.72. The van der Waals surface area contributed by atoms with Crippen molar-refractivity contribution in [3.8, 4) is 17.0 Å². The fourth-order valence-corrected chi connectivity index (χ4v) is 4.10. The monoisotopic (exact) mass is 451 g/mol. The van der Waals surface area contributed by atoms with Gasteiger partial charge in [0, 0.05) is 17.5 Å². The molecule has 2 aliphatic rings. The van der Waals surface area contributed by atoms with E-state index in [9.17, 15) is 14.0 Å². The first-order valence-electron chi connectivity index (χ1n) is 10.7. The van der Waals surface area contributed by atoms with Gasteiger partial charge in [0.15, 0.2) is 5.78 Å². The molecule has 2 saturated carbocycles. The molecule has 5 rings (SSSR count). The first kappa shape index (κ1) is 20.8. The van der Waals surface area contributed by atoms with Crippen molar-refractivity contribution in [1.82, 2.24) is 14.7 Å². The molecule has 1 amide bonds. The fourth-order valence-electron chi connectivity index (χ4n) is 3.38. The van der Waals surface area contributed by atoms with Crippen LogP contribution in [0.1, 0.15) is 64.4 Å². The predicted octanol–water partition coefficient (Wildman–Crippen LogP) is 4.97. The number of Topliss-reactive ketones (excluding diaryl/α,β-unsaturated/α-hetero) is 1. The topological polar surface area (TPSA) is 81.2 Å². The van der Waals surface area contributed by atoms with Crippen LogP contribution in [0.5, 0.6) is 5.75 Å². The number of amides is 1. The number of ether oxygens (including phenoxy) is 1. The second kappa shape index (κ2) is 8.43. The van der Waals surface area contributed by atoms with Gasteiger partial charge in [-0.05, 0) is 74.5 Å². The van der Waals surface area contributed by atoms with E-state index in [1.165, 1.54) is 23.7 Å². The minimum Gasteiger partial charge on any atom is -0.484 e. The molecule has 2 heterocycles. The van der Waals surface area contributed by atoms with Crippen LogP contribution < -0.4 is 10.1 Å². The summed E-state index contributed by atoms with van der Waals surface area (Å²) in [6, 6.07) is 10.0. The van der Waals surface area contributed by atoms with E-state index in [4.69, 9.17) is 4.74 Å². The van der Waals surface area contributed by atoms with Gasteiger partial charge in [-0.3, -0.25) is 9.59 Å². The molecule has 0 radical (unpaired) electrons. The van der Waals surface area contributed by atoms with Gasteiger partial charge >= 0.3 is 0 Å². The number of nitrogens with one attached hydrogen (secondary N) is 1. The molecule has 0 bridgehead atoms. The van der Waals surface area contributed by atoms with Crippen LogP contribution in [0, 0.1) is 11.7 Å². The Morgan fingerprint density at radius 1 is 1.16 bits per heavy atom. The summed E-state index contributed by atoms with van der Waals surface area (Å²) in [6.07, 6.45) is 5.07. The third-order valence-corrected chi connectivity index (χ3v) is 6.55. The molecule has 32 heavy (non-hydrogen) atoms. The van der Waals surface area contributed by atoms with Crippen LogP contribution in [0.4, 0.5) is 4.39 Å². The summed E-state index contributed by atoms with van der Waals surface area (Å²) >= 11 is 1.27. The van der Waals surface area contributed by atoms with E-state index in [-0.39, 0.29) is 35.3 Å². The Morgan fingerprint density at radius 2 is 1.97 bits per heavy atom. The van der Waals surface area contributed by atoms with Crippen LogP contribution in [0.3, 0.4) is 0 Å². The van der Waals surface area contributed by atoms with Gasteiger partial charge in [0.2, 0.25) is 0 Å². The van der Waals surface area contributed by atoms with Crippen LogP contribution in [0.2, 0.25) is 0 Å². The summed E-state index contributed by atoms with van der Waals surface area (Å²) in [6.45, 7) is 1.90. The number of pyridine rings is 1. The van der Waals surface area contributed by atoms with Crippen LogP contribution in [-0.4, -0.2) is 27.1 Å². The zero-order valence-corrected chi connectivity index (χ0v) is 18.3. The highest BCUT2D eigenvalue weighted by molar-refractivity contribution is 7.06. The first-order chi connectivity index (χ1) is 15.5. The molecule has 164 valence electrons. The first-order valence-corrected chi connectivity index (χ1v) is 11.5. The molecule has 2 fully saturated rings. The van der Waals surface area contributed by atoms with E-state index in [1.807, 2.05) is 13.0 Å². The van der Waals surface area contributed by atoms with Crippen molar-refractivity contribution >= 4 is 23.2 Å². The number of hydrogen-bond acceptors (Lipinski definition) is 6. The summed E-state index contributed by atoms with van der Waals surface area (Å²) < 4.78 is 24.9. The second-order valence-corrected chi connectivity index (χ2v) is 9.17. The Balaban J connectivity index is 1.25. The van der Waals surface area contributed by atoms with Crippen LogP contribution in [-0.2, 0) is 0 Å². The van der Waals surface area contributed by atoms with Crippen LogP contribution in [0.15, 0.2) is 42.6 Å². The highest BCUT2D eigenvalue weighted by atomic mass is 32.1. The van der Waals surface area contributed by atoms with E-state index in [0.717, 1.165) is 30.6 Å². The molecule has 0 saturated heterocycles. The molecular formula is C24H22FN3O3S. The number of benzene rings is 1. The lowest BCUT2D eigenvalue weighted by Crippen LogP contribution is -2.26. The highest BCUT2D eigenvalue weighted by Gasteiger charge is 2.31. The van der Waals surface area contributed by atoms with E-state index in [0.29, 0.717) is 22.7 Å². The number of nitrogens with zero attached hydrogens (tertiary/aromatic N) is 2. The molecule has 0 spiro atoms. The number of carbonyl (C=O) groups excluding carboxylic acids is 2. The largest absolute Gasteiger partial charge is 0.484 e.